The van der Waals surface area contributed by atoms with E-state index in [9.17, 15) is 9.59 Å². The molecule has 2 amide bonds. The van der Waals surface area contributed by atoms with Crippen molar-refractivity contribution in [3.63, 3.8) is 0 Å². The SMILES string of the molecule is CCOc1ccc(C(=O)NCC(=O)NCc2cc(Br)cs2)cc1. The summed E-state index contributed by atoms with van der Waals surface area (Å²) < 4.78 is 6.31. The van der Waals surface area contributed by atoms with E-state index < -0.39 is 0 Å². The summed E-state index contributed by atoms with van der Waals surface area (Å²) in [6.07, 6.45) is 0. The third kappa shape index (κ3) is 5.69. The highest BCUT2D eigenvalue weighted by Gasteiger charge is 2.08. The summed E-state index contributed by atoms with van der Waals surface area (Å²) >= 11 is 4.92. The lowest BCUT2D eigenvalue weighted by atomic mass is 10.2. The van der Waals surface area contributed by atoms with E-state index in [-0.39, 0.29) is 18.4 Å². The lowest BCUT2D eigenvalue weighted by Gasteiger charge is -2.07. The molecule has 0 spiro atoms. The molecule has 2 rings (SSSR count). The minimum atomic E-state index is -0.290. The van der Waals surface area contributed by atoms with E-state index in [4.69, 9.17) is 4.74 Å². The molecular formula is C16H17BrN2O3S. The molecule has 122 valence electrons. The van der Waals surface area contributed by atoms with Crippen LogP contribution < -0.4 is 15.4 Å². The Morgan fingerprint density at radius 2 is 1.96 bits per heavy atom. The number of hydrogen-bond acceptors (Lipinski definition) is 4. The van der Waals surface area contributed by atoms with E-state index >= 15 is 0 Å². The maximum Gasteiger partial charge on any atom is 0.251 e. The highest BCUT2D eigenvalue weighted by atomic mass is 79.9. The van der Waals surface area contributed by atoms with E-state index in [1.165, 1.54) is 0 Å². The predicted octanol–water partition coefficient (Wildman–Crippen LogP) is 2.96. The van der Waals surface area contributed by atoms with Crippen molar-refractivity contribution < 1.29 is 14.3 Å². The van der Waals surface area contributed by atoms with Crippen molar-refractivity contribution in [1.29, 1.82) is 0 Å². The lowest BCUT2D eigenvalue weighted by molar-refractivity contribution is -0.120. The number of ether oxygens (including phenoxy) is 1. The largest absolute Gasteiger partial charge is 0.494 e. The molecule has 1 aromatic carbocycles. The average Bonchev–Trinajstić information content (AvgIpc) is 2.97. The summed E-state index contributed by atoms with van der Waals surface area (Å²) in [5, 5.41) is 7.31. The lowest BCUT2D eigenvalue weighted by Crippen LogP contribution is -2.36. The molecule has 0 fully saturated rings. The fourth-order valence-corrected chi connectivity index (χ4v) is 3.22. The van der Waals surface area contributed by atoms with E-state index in [0.29, 0.717) is 24.5 Å². The van der Waals surface area contributed by atoms with Crippen molar-refractivity contribution in [2.45, 2.75) is 13.5 Å². The van der Waals surface area contributed by atoms with Crippen LogP contribution in [0.15, 0.2) is 40.2 Å². The molecule has 23 heavy (non-hydrogen) atoms. The van der Waals surface area contributed by atoms with Gasteiger partial charge in [0, 0.05) is 20.3 Å². The van der Waals surface area contributed by atoms with Crippen LogP contribution in [0.25, 0.3) is 0 Å². The van der Waals surface area contributed by atoms with Crippen LogP contribution in [-0.2, 0) is 11.3 Å². The maximum atomic E-state index is 12.0. The molecule has 1 heterocycles. The first-order valence-electron chi connectivity index (χ1n) is 7.09. The van der Waals surface area contributed by atoms with Gasteiger partial charge in [0.1, 0.15) is 5.75 Å². The predicted molar refractivity (Wildman–Crippen MR) is 93.8 cm³/mol. The Kier molecular flexibility index (Phi) is 6.61. The van der Waals surface area contributed by atoms with Crippen molar-refractivity contribution in [2.24, 2.45) is 0 Å². The number of hydrogen-bond donors (Lipinski definition) is 2. The van der Waals surface area contributed by atoms with Crippen molar-refractivity contribution in [3.05, 3.63) is 50.6 Å². The Morgan fingerprint density at radius 1 is 1.22 bits per heavy atom. The molecule has 0 atom stereocenters. The van der Waals surface area contributed by atoms with Crippen LogP contribution in [0.1, 0.15) is 22.2 Å². The average molecular weight is 397 g/mol. The summed E-state index contributed by atoms with van der Waals surface area (Å²) in [5.74, 6) is 0.194. The van der Waals surface area contributed by atoms with Gasteiger partial charge in [0.05, 0.1) is 19.7 Å². The fraction of sp³-hybridized carbons (Fsp3) is 0.250. The minimum absolute atomic E-state index is 0.0570. The Hall–Kier alpha value is -1.86. The second-order valence-corrected chi connectivity index (χ2v) is 6.56. The molecule has 0 radical (unpaired) electrons. The normalized spacial score (nSPS) is 10.2. The number of benzene rings is 1. The molecule has 0 unspecified atom stereocenters. The number of halogens is 1. The first-order valence-corrected chi connectivity index (χ1v) is 8.76. The van der Waals surface area contributed by atoms with Crippen LogP contribution in [0.3, 0.4) is 0 Å². The molecule has 0 bridgehead atoms. The molecule has 1 aromatic heterocycles. The van der Waals surface area contributed by atoms with Gasteiger partial charge >= 0.3 is 0 Å². The standard InChI is InChI=1S/C16H17BrN2O3S/c1-2-22-13-5-3-11(4-6-13)16(21)19-9-15(20)18-8-14-7-12(17)10-23-14/h3-7,10H,2,8-9H2,1H3,(H,18,20)(H,19,21). The third-order valence-electron chi connectivity index (χ3n) is 2.92. The Morgan fingerprint density at radius 3 is 2.57 bits per heavy atom. The number of amides is 2. The highest BCUT2D eigenvalue weighted by Crippen LogP contribution is 2.19. The van der Waals surface area contributed by atoms with Crippen LogP contribution in [0.4, 0.5) is 0 Å². The van der Waals surface area contributed by atoms with Crippen LogP contribution in [-0.4, -0.2) is 25.0 Å². The summed E-state index contributed by atoms with van der Waals surface area (Å²) in [6.45, 7) is 2.87. The first-order chi connectivity index (χ1) is 11.1. The summed E-state index contributed by atoms with van der Waals surface area (Å²) in [7, 11) is 0. The van der Waals surface area contributed by atoms with Gasteiger partial charge in [-0.05, 0) is 53.2 Å². The first kappa shape index (κ1) is 17.5. The number of carbonyl (C=O) groups excluding carboxylic acids is 2. The summed E-state index contributed by atoms with van der Waals surface area (Å²) in [4.78, 5) is 24.7. The van der Waals surface area contributed by atoms with Gasteiger partial charge in [-0.2, -0.15) is 0 Å². The summed E-state index contributed by atoms with van der Waals surface area (Å²) in [5.41, 5.74) is 0.489. The molecule has 0 aliphatic rings. The molecule has 2 N–H and O–H groups in total. The molecule has 0 saturated heterocycles. The Balaban J connectivity index is 1.75. The van der Waals surface area contributed by atoms with Crippen molar-refractivity contribution in [1.82, 2.24) is 10.6 Å². The zero-order valence-corrected chi connectivity index (χ0v) is 15.0. The van der Waals surface area contributed by atoms with Gasteiger partial charge in [0.15, 0.2) is 0 Å². The summed E-state index contributed by atoms with van der Waals surface area (Å²) in [6, 6.07) is 8.74. The molecule has 5 nitrogen and oxygen atoms in total. The van der Waals surface area contributed by atoms with E-state index in [1.807, 2.05) is 18.4 Å². The second-order valence-electron chi connectivity index (χ2n) is 4.65. The zero-order chi connectivity index (χ0) is 16.7. The zero-order valence-electron chi connectivity index (χ0n) is 12.6. The van der Waals surface area contributed by atoms with Gasteiger partial charge in [-0.25, -0.2) is 0 Å². The Labute approximate surface area is 147 Å². The number of thiophene rings is 1. The van der Waals surface area contributed by atoms with Crippen LogP contribution in [0.2, 0.25) is 0 Å². The highest BCUT2D eigenvalue weighted by molar-refractivity contribution is 9.10. The van der Waals surface area contributed by atoms with Crippen molar-refractivity contribution in [3.8, 4) is 5.75 Å². The van der Waals surface area contributed by atoms with E-state index in [2.05, 4.69) is 26.6 Å². The van der Waals surface area contributed by atoms with Crippen LogP contribution in [0.5, 0.6) is 5.75 Å². The van der Waals surface area contributed by atoms with Crippen molar-refractivity contribution >= 4 is 39.1 Å². The van der Waals surface area contributed by atoms with Gasteiger partial charge in [-0.3, -0.25) is 9.59 Å². The maximum absolute atomic E-state index is 12.0. The van der Waals surface area contributed by atoms with Crippen LogP contribution >= 0.6 is 27.3 Å². The Bertz CT molecular complexity index is 670. The monoisotopic (exact) mass is 396 g/mol. The van der Waals surface area contributed by atoms with Gasteiger partial charge in [-0.15, -0.1) is 11.3 Å². The van der Waals surface area contributed by atoms with E-state index in [0.717, 1.165) is 9.35 Å². The van der Waals surface area contributed by atoms with Crippen LogP contribution in [0, 0.1) is 0 Å². The topological polar surface area (TPSA) is 67.4 Å². The smallest absolute Gasteiger partial charge is 0.251 e. The number of rotatable bonds is 7. The third-order valence-corrected chi connectivity index (χ3v) is 4.62. The number of carbonyl (C=O) groups is 2. The molecule has 0 aliphatic heterocycles. The second kappa shape index (κ2) is 8.69. The molecule has 7 heteroatoms. The molecular weight excluding hydrogens is 380 g/mol. The fourth-order valence-electron chi connectivity index (χ4n) is 1.83. The van der Waals surface area contributed by atoms with Crippen molar-refractivity contribution in [2.75, 3.05) is 13.2 Å². The van der Waals surface area contributed by atoms with Gasteiger partial charge in [-0.1, -0.05) is 0 Å². The van der Waals surface area contributed by atoms with Gasteiger partial charge < -0.3 is 15.4 Å². The quantitative estimate of drug-likeness (QED) is 0.755. The minimum Gasteiger partial charge on any atom is -0.494 e. The molecule has 2 aromatic rings. The van der Waals surface area contributed by atoms with E-state index in [1.54, 1.807) is 35.6 Å². The number of nitrogens with one attached hydrogen (secondary N) is 2. The molecule has 0 aliphatic carbocycles. The van der Waals surface area contributed by atoms with Gasteiger partial charge in [0.25, 0.3) is 5.91 Å². The van der Waals surface area contributed by atoms with Gasteiger partial charge in [0.2, 0.25) is 5.91 Å². The molecule has 0 saturated carbocycles.